The first-order chi connectivity index (χ1) is 18.2. The highest BCUT2D eigenvalue weighted by Gasteiger charge is 2.77. The molecule has 3 saturated heterocycles. The fourth-order valence-electron chi connectivity index (χ4n) is 6.06. The lowest BCUT2D eigenvalue weighted by atomic mass is 9.70. The number of hydrogen-bond acceptors (Lipinski definition) is 6. The predicted octanol–water partition coefficient (Wildman–Crippen LogP) is 3.89. The van der Waals surface area contributed by atoms with Crippen LogP contribution in [0.3, 0.4) is 0 Å². The van der Waals surface area contributed by atoms with Crippen molar-refractivity contribution in [1.82, 2.24) is 4.90 Å². The number of likely N-dealkylation sites (tertiary alicyclic amines) is 1. The first-order valence-corrected chi connectivity index (χ1v) is 14.2. The van der Waals surface area contributed by atoms with E-state index in [1.807, 2.05) is 6.08 Å². The van der Waals surface area contributed by atoms with Gasteiger partial charge in [0, 0.05) is 22.1 Å². The number of hydrogen-bond donors (Lipinski definition) is 1. The van der Waals surface area contributed by atoms with Crippen LogP contribution >= 0.6 is 27.5 Å². The lowest BCUT2D eigenvalue weighted by Gasteiger charge is -2.38. The molecule has 4 rings (SSSR count). The highest BCUT2D eigenvalue weighted by atomic mass is 79.9. The third-order valence-electron chi connectivity index (χ3n) is 7.74. The minimum Gasteiger partial charge on any atom is -0.465 e. The molecule has 2 amide bonds. The Morgan fingerprint density at radius 1 is 1.32 bits per heavy atom. The number of fused-ring (bicyclic) bond motifs is 1. The van der Waals surface area contributed by atoms with Crippen LogP contribution < -0.4 is 4.90 Å². The van der Waals surface area contributed by atoms with E-state index in [2.05, 4.69) is 29.1 Å². The van der Waals surface area contributed by atoms with Crippen molar-refractivity contribution in [3.8, 4) is 0 Å². The summed E-state index contributed by atoms with van der Waals surface area (Å²) in [6.07, 6.45) is 5.54. The molecule has 38 heavy (non-hydrogen) atoms. The molecule has 0 radical (unpaired) electrons. The molecule has 3 heterocycles. The van der Waals surface area contributed by atoms with Gasteiger partial charge in [0.05, 0.1) is 37.2 Å². The van der Waals surface area contributed by atoms with Crippen LogP contribution in [0, 0.1) is 11.8 Å². The number of carbonyl (C=O) groups excluding carboxylic acids is 3. The van der Waals surface area contributed by atoms with Gasteiger partial charge in [0.2, 0.25) is 5.91 Å². The Balaban J connectivity index is 1.70. The summed E-state index contributed by atoms with van der Waals surface area (Å²) in [5, 5.41) is 10.6. The van der Waals surface area contributed by atoms with Crippen LogP contribution in [0.15, 0.2) is 49.6 Å². The average molecular weight is 610 g/mol. The zero-order valence-electron chi connectivity index (χ0n) is 21.4. The highest BCUT2D eigenvalue weighted by molar-refractivity contribution is 9.09. The number of carbonyl (C=O) groups is 3. The maximum Gasteiger partial charge on any atom is 0.312 e. The van der Waals surface area contributed by atoms with Gasteiger partial charge in [-0.25, -0.2) is 0 Å². The Kier molecular flexibility index (Phi) is 9.02. The number of aliphatic hydroxyl groups is 1. The van der Waals surface area contributed by atoms with Gasteiger partial charge < -0.3 is 24.4 Å². The quantitative estimate of drug-likeness (QED) is 0.167. The zero-order valence-corrected chi connectivity index (χ0v) is 23.8. The molecule has 1 aromatic rings. The average Bonchev–Trinajstić information content (AvgIpc) is 3.50. The second kappa shape index (κ2) is 11.9. The van der Waals surface area contributed by atoms with Crippen LogP contribution in [-0.4, -0.2) is 76.2 Å². The molecular formula is C28H34BrClN2O6. The molecule has 3 fully saturated rings. The summed E-state index contributed by atoms with van der Waals surface area (Å²) in [5.41, 5.74) is -0.656. The molecule has 2 bridgehead atoms. The minimum atomic E-state index is -1.24. The Morgan fingerprint density at radius 3 is 2.66 bits per heavy atom. The summed E-state index contributed by atoms with van der Waals surface area (Å²) in [6, 6.07) is 5.10. The molecule has 3 aliphatic heterocycles. The number of anilines is 1. The van der Waals surface area contributed by atoms with E-state index < -0.39 is 41.6 Å². The first kappa shape index (κ1) is 28.8. The van der Waals surface area contributed by atoms with Gasteiger partial charge in [-0.05, 0) is 56.9 Å². The van der Waals surface area contributed by atoms with Crippen LogP contribution in [0.2, 0.25) is 5.02 Å². The Bertz CT molecular complexity index is 1080. The molecule has 3 aliphatic rings. The number of alkyl halides is 1. The third-order valence-corrected chi connectivity index (χ3v) is 8.83. The van der Waals surface area contributed by atoms with Gasteiger partial charge >= 0.3 is 5.97 Å². The smallest absolute Gasteiger partial charge is 0.312 e. The number of amides is 2. The summed E-state index contributed by atoms with van der Waals surface area (Å²) < 4.78 is 12.1. The Morgan fingerprint density at radius 2 is 2.03 bits per heavy atom. The van der Waals surface area contributed by atoms with Crippen molar-refractivity contribution >= 4 is 51.0 Å². The van der Waals surface area contributed by atoms with E-state index in [4.69, 9.17) is 21.1 Å². The van der Waals surface area contributed by atoms with Crippen LogP contribution in [0.4, 0.5) is 5.69 Å². The van der Waals surface area contributed by atoms with E-state index in [9.17, 15) is 19.5 Å². The SMILES string of the molecule is C=CCCCCOC(=O)[C@H]1[C@H]2C(=O)N([C@H](C)CO)C(C(=O)N(CC=C)c3ccc(Cl)cc3)C23CC(Br)[C@@H]1O3. The van der Waals surface area contributed by atoms with Gasteiger partial charge in [-0.15, -0.1) is 13.2 Å². The van der Waals surface area contributed by atoms with Crippen molar-refractivity contribution in [2.45, 2.75) is 61.2 Å². The summed E-state index contributed by atoms with van der Waals surface area (Å²) in [7, 11) is 0. The molecule has 0 saturated carbocycles. The van der Waals surface area contributed by atoms with Gasteiger partial charge in [0.15, 0.2) is 0 Å². The summed E-state index contributed by atoms with van der Waals surface area (Å²) in [6.45, 7) is 9.25. The number of halogens is 2. The number of allylic oxidation sites excluding steroid dienone is 1. The number of rotatable bonds is 12. The van der Waals surface area contributed by atoms with E-state index in [0.717, 1.165) is 12.8 Å². The highest BCUT2D eigenvalue weighted by Crippen LogP contribution is 2.60. The molecule has 0 aliphatic carbocycles. The molecule has 7 atom stereocenters. The standard InChI is InChI=1S/C28H34BrClN2O6/c1-4-6-7-8-14-37-27(36)21-22-25(34)32(17(3)16-33)24(28(22)15-20(29)23(21)38-28)26(35)31(13-5-2)19-11-9-18(30)10-12-19/h4-5,9-12,17,20-24,33H,1-2,6-8,13-16H2,3H3/t17-,20?,21+,22+,23+,24?,28?/m1/s1. The fraction of sp³-hybridized carbons (Fsp3) is 0.536. The van der Waals surface area contributed by atoms with Crippen LogP contribution in [0.1, 0.15) is 32.6 Å². The van der Waals surface area contributed by atoms with Crippen molar-refractivity contribution in [3.63, 3.8) is 0 Å². The molecule has 1 spiro atoms. The predicted molar refractivity (Wildman–Crippen MR) is 148 cm³/mol. The molecule has 0 aromatic heterocycles. The van der Waals surface area contributed by atoms with E-state index in [1.165, 1.54) is 9.80 Å². The molecule has 1 N–H and O–H groups in total. The largest absolute Gasteiger partial charge is 0.465 e. The van der Waals surface area contributed by atoms with Gasteiger partial charge in [0.1, 0.15) is 11.6 Å². The number of aliphatic hydroxyl groups excluding tert-OH is 1. The molecule has 10 heteroatoms. The lowest BCUT2D eigenvalue weighted by Crippen LogP contribution is -2.58. The van der Waals surface area contributed by atoms with Crippen molar-refractivity contribution in [3.05, 3.63) is 54.6 Å². The first-order valence-electron chi connectivity index (χ1n) is 12.9. The van der Waals surface area contributed by atoms with Gasteiger partial charge in [-0.2, -0.15) is 0 Å². The van der Waals surface area contributed by atoms with Gasteiger partial charge in [-0.3, -0.25) is 14.4 Å². The van der Waals surface area contributed by atoms with Crippen molar-refractivity contribution in [2.75, 3.05) is 24.7 Å². The van der Waals surface area contributed by atoms with E-state index in [1.54, 1.807) is 37.3 Å². The fourth-order valence-corrected chi connectivity index (χ4v) is 7.13. The van der Waals surface area contributed by atoms with E-state index >= 15 is 0 Å². The maximum atomic E-state index is 14.3. The topological polar surface area (TPSA) is 96.4 Å². The Labute approximate surface area is 236 Å². The lowest BCUT2D eigenvalue weighted by molar-refractivity contribution is -0.155. The Hall–Kier alpha value is -2.20. The van der Waals surface area contributed by atoms with Gasteiger partial charge in [-0.1, -0.05) is 39.7 Å². The van der Waals surface area contributed by atoms with E-state index in [-0.39, 0.29) is 36.4 Å². The van der Waals surface area contributed by atoms with Crippen LogP contribution in [-0.2, 0) is 23.9 Å². The second-order valence-corrected chi connectivity index (χ2v) is 11.7. The van der Waals surface area contributed by atoms with Crippen LogP contribution in [0.5, 0.6) is 0 Å². The zero-order chi connectivity index (χ0) is 27.6. The van der Waals surface area contributed by atoms with Crippen LogP contribution in [0.25, 0.3) is 0 Å². The number of benzene rings is 1. The monoisotopic (exact) mass is 608 g/mol. The molecule has 1 aromatic carbocycles. The minimum absolute atomic E-state index is 0.185. The van der Waals surface area contributed by atoms with Crippen molar-refractivity contribution in [2.24, 2.45) is 11.8 Å². The van der Waals surface area contributed by atoms with E-state index in [0.29, 0.717) is 23.6 Å². The number of ether oxygens (including phenoxy) is 2. The molecule has 3 unspecified atom stereocenters. The number of esters is 1. The summed E-state index contributed by atoms with van der Waals surface area (Å²) in [4.78, 5) is 44.3. The maximum absolute atomic E-state index is 14.3. The van der Waals surface area contributed by atoms with Gasteiger partial charge in [0.25, 0.3) is 5.91 Å². The molecular weight excluding hydrogens is 576 g/mol. The number of unbranched alkanes of at least 4 members (excludes halogenated alkanes) is 2. The second-order valence-electron chi connectivity index (χ2n) is 10.1. The molecule has 8 nitrogen and oxygen atoms in total. The van der Waals surface area contributed by atoms with Crippen molar-refractivity contribution in [1.29, 1.82) is 0 Å². The number of nitrogens with zero attached hydrogens (tertiary/aromatic N) is 2. The summed E-state index contributed by atoms with van der Waals surface area (Å²) >= 11 is 9.72. The molecule has 206 valence electrons. The van der Waals surface area contributed by atoms with Crippen molar-refractivity contribution < 1.29 is 29.0 Å². The summed E-state index contributed by atoms with van der Waals surface area (Å²) in [5.74, 6) is -2.99. The normalized spacial score (nSPS) is 30.2. The third kappa shape index (κ3) is 4.94.